The molecule has 0 amide bonds. The molecule has 0 bridgehead atoms. The van der Waals surface area contributed by atoms with Crippen molar-refractivity contribution in [2.75, 3.05) is 18.0 Å². The number of anilines is 1. The molecule has 1 aromatic carbocycles. The third-order valence-corrected chi connectivity index (χ3v) is 4.81. The van der Waals surface area contributed by atoms with E-state index in [4.69, 9.17) is 16.9 Å². The van der Waals surface area contributed by atoms with Crippen LogP contribution in [0.3, 0.4) is 0 Å². The van der Waals surface area contributed by atoms with Crippen molar-refractivity contribution in [1.29, 1.82) is 5.26 Å². The first kappa shape index (κ1) is 13.8. The van der Waals surface area contributed by atoms with Crippen molar-refractivity contribution < 1.29 is 5.11 Å². The van der Waals surface area contributed by atoms with Crippen LogP contribution in [0.5, 0.6) is 0 Å². The standard InChI is InChI=1S/C12H8BrClN4OS/c13-7-1-2-8(9(14)3-7)12(19)5-18(6-12)11-17-16-10(4-15)20-11/h1-3,19H,5-6H2. The molecule has 1 N–H and O–H groups in total. The van der Waals surface area contributed by atoms with Gasteiger partial charge >= 0.3 is 0 Å². The minimum absolute atomic E-state index is 0.317. The molecule has 1 aliphatic rings. The molecule has 0 aliphatic carbocycles. The second kappa shape index (κ2) is 4.97. The third kappa shape index (κ3) is 2.29. The Balaban J connectivity index is 1.79. The lowest BCUT2D eigenvalue weighted by Gasteiger charge is -2.46. The van der Waals surface area contributed by atoms with Gasteiger partial charge in [0.15, 0.2) is 0 Å². The molecule has 0 saturated carbocycles. The molecule has 0 spiro atoms. The Morgan fingerprint density at radius 3 is 2.80 bits per heavy atom. The summed E-state index contributed by atoms with van der Waals surface area (Å²) in [5, 5.41) is 28.5. The number of β-amino-alcohol motifs (C(OH)–C–C–N with tert-alkyl or cyclic N) is 1. The quantitative estimate of drug-likeness (QED) is 0.878. The Morgan fingerprint density at radius 2 is 2.20 bits per heavy atom. The van der Waals surface area contributed by atoms with Gasteiger partial charge in [-0.2, -0.15) is 5.26 Å². The minimum Gasteiger partial charge on any atom is -0.381 e. The van der Waals surface area contributed by atoms with E-state index in [1.807, 2.05) is 23.1 Å². The summed E-state index contributed by atoms with van der Waals surface area (Å²) >= 11 is 10.7. The lowest BCUT2D eigenvalue weighted by molar-refractivity contribution is 0.00755. The largest absolute Gasteiger partial charge is 0.381 e. The fraction of sp³-hybridized carbons (Fsp3) is 0.250. The van der Waals surface area contributed by atoms with E-state index < -0.39 is 5.60 Å². The molecule has 0 atom stereocenters. The zero-order chi connectivity index (χ0) is 14.3. The van der Waals surface area contributed by atoms with E-state index in [2.05, 4.69) is 26.1 Å². The lowest BCUT2D eigenvalue weighted by atomic mass is 9.86. The number of benzene rings is 1. The van der Waals surface area contributed by atoms with Crippen molar-refractivity contribution in [3.8, 4) is 6.07 Å². The molecule has 5 nitrogen and oxygen atoms in total. The molecule has 8 heteroatoms. The summed E-state index contributed by atoms with van der Waals surface area (Å²) in [6.45, 7) is 0.767. The maximum atomic E-state index is 10.6. The van der Waals surface area contributed by atoms with Crippen LogP contribution in [0.1, 0.15) is 10.6 Å². The van der Waals surface area contributed by atoms with E-state index in [0.29, 0.717) is 33.8 Å². The first-order valence-electron chi connectivity index (χ1n) is 5.68. The van der Waals surface area contributed by atoms with Gasteiger partial charge in [0.2, 0.25) is 10.1 Å². The number of hydrogen-bond acceptors (Lipinski definition) is 6. The Bertz CT molecular complexity index is 708. The molecular weight excluding hydrogens is 364 g/mol. The average Bonchev–Trinajstić information content (AvgIpc) is 2.83. The van der Waals surface area contributed by atoms with Gasteiger partial charge in [-0.25, -0.2) is 0 Å². The predicted molar refractivity (Wildman–Crippen MR) is 79.9 cm³/mol. The number of aliphatic hydroxyl groups is 1. The molecule has 20 heavy (non-hydrogen) atoms. The van der Waals surface area contributed by atoms with Crippen LogP contribution in [-0.2, 0) is 5.60 Å². The predicted octanol–water partition coefficient (Wildman–Crippen LogP) is 2.53. The Hall–Kier alpha value is -1.20. The number of rotatable bonds is 2. The van der Waals surface area contributed by atoms with Crippen molar-refractivity contribution >= 4 is 44.0 Å². The molecule has 0 unspecified atom stereocenters. The van der Waals surface area contributed by atoms with Crippen LogP contribution < -0.4 is 4.90 Å². The maximum absolute atomic E-state index is 10.6. The maximum Gasteiger partial charge on any atom is 0.219 e. The van der Waals surface area contributed by atoms with Crippen LogP contribution >= 0.6 is 38.9 Å². The van der Waals surface area contributed by atoms with E-state index in [1.165, 1.54) is 11.3 Å². The molecule has 1 aromatic heterocycles. The summed E-state index contributed by atoms with van der Waals surface area (Å²) in [4.78, 5) is 1.87. The van der Waals surface area contributed by atoms with Gasteiger partial charge in [0.05, 0.1) is 13.1 Å². The fourth-order valence-corrected chi connectivity index (χ4v) is 3.64. The van der Waals surface area contributed by atoms with Gasteiger partial charge < -0.3 is 10.0 Å². The molecule has 102 valence electrons. The number of nitrogens with zero attached hydrogens (tertiary/aromatic N) is 4. The van der Waals surface area contributed by atoms with Gasteiger partial charge in [0, 0.05) is 15.1 Å². The highest BCUT2D eigenvalue weighted by Gasteiger charge is 2.45. The summed E-state index contributed by atoms with van der Waals surface area (Å²) < 4.78 is 0.869. The van der Waals surface area contributed by atoms with Gasteiger partial charge in [-0.05, 0) is 12.1 Å². The van der Waals surface area contributed by atoms with Gasteiger partial charge in [-0.3, -0.25) is 0 Å². The van der Waals surface area contributed by atoms with E-state index in [-0.39, 0.29) is 0 Å². The third-order valence-electron chi connectivity index (χ3n) is 3.12. The molecular formula is C12H8BrClN4OS. The summed E-state index contributed by atoms with van der Waals surface area (Å²) in [6, 6.07) is 7.37. The molecule has 1 saturated heterocycles. The number of hydrogen-bond donors (Lipinski definition) is 1. The minimum atomic E-state index is -0.990. The highest BCUT2D eigenvalue weighted by Crippen LogP contribution is 2.39. The van der Waals surface area contributed by atoms with Crippen LogP contribution in [0.15, 0.2) is 22.7 Å². The number of nitriles is 1. The van der Waals surface area contributed by atoms with Crippen LogP contribution in [-0.4, -0.2) is 28.4 Å². The smallest absolute Gasteiger partial charge is 0.219 e. The second-order valence-electron chi connectivity index (χ2n) is 4.51. The van der Waals surface area contributed by atoms with Crippen LogP contribution in [0.25, 0.3) is 0 Å². The van der Waals surface area contributed by atoms with Gasteiger partial charge in [-0.15, -0.1) is 10.2 Å². The summed E-state index contributed by atoms with van der Waals surface area (Å²) in [6.07, 6.45) is 0. The topological polar surface area (TPSA) is 73.0 Å². The lowest BCUT2D eigenvalue weighted by Crippen LogP contribution is -2.59. The van der Waals surface area contributed by atoms with Crippen LogP contribution in [0, 0.1) is 11.3 Å². The van der Waals surface area contributed by atoms with Crippen LogP contribution in [0.2, 0.25) is 5.02 Å². The molecule has 2 aromatic rings. The molecule has 0 radical (unpaired) electrons. The van der Waals surface area contributed by atoms with Crippen molar-refractivity contribution in [2.45, 2.75) is 5.60 Å². The van der Waals surface area contributed by atoms with Crippen molar-refractivity contribution in [1.82, 2.24) is 10.2 Å². The van der Waals surface area contributed by atoms with Gasteiger partial charge in [0.1, 0.15) is 11.7 Å². The van der Waals surface area contributed by atoms with E-state index >= 15 is 0 Å². The second-order valence-corrected chi connectivity index (χ2v) is 6.79. The summed E-state index contributed by atoms with van der Waals surface area (Å²) in [7, 11) is 0. The summed E-state index contributed by atoms with van der Waals surface area (Å²) in [5.74, 6) is 0. The number of aromatic nitrogens is 2. The number of halogens is 2. The normalized spacial score (nSPS) is 16.6. The van der Waals surface area contributed by atoms with Crippen molar-refractivity contribution in [3.63, 3.8) is 0 Å². The fourth-order valence-electron chi connectivity index (χ4n) is 2.15. The summed E-state index contributed by atoms with van der Waals surface area (Å²) in [5.41, 5.74) is -0.292. The van der Waals surface area contributed by atoms with Gasteiger partial charge in [-0.1, -0.05) is 44.9 Å². The van der Waals surface area contributed by atoms with E-state index in [9.17, 15) is 5.11 Å². The first-order valence-corrected chi connectivity index (χ1v) is 7.67. The van der Waals surface area contributed by atoms with Crippen molar-refractivity contribution in [3.05, 3.63) is 38.3 Å². The van der Waals surface area contributed by atoms with E-state index in [1.54, 1.807) is 6.07 Å². The highest BCUT2D eigenvalue weighted by molar-refractivity contribution is 9.10. The monoisotopic (exact) mass is 370 g/mol. The Labute approximate surface area is 132 Å². The molecule has 3 rings (SSSR count). The SMILES string of the molecule is N#Cc1nnc(N2CC(O)(c3ccc(Br)cc3Cl)C2)s1. The molecule has 2 heterocycles. The molecule has 1 fully saturated rings. The average molecular weight is 372 g/mol. The highest BCUT2D eigenvalue weighted by atomic mass is 79.9. The van der Waals surface area contributed by atoms with Crippen LogP contribution in [0.4, 0.5) is 5.13 Å². The molecule has 1 aliphatic heterocycles. The zero-order valence-electron chi connectivity index (χ0n) is 10.0. The zero-order valence-corrected chi connectivity index (χ0v) is 13.2. The van der Waals surface area contributed by atoms with Crippen molar-refractivity contribution in [2.24, 2.45) is 0 Å². The first-order chi connectivity index (χ1) is 9.51. The Kier molecular flexibility index (Phi) is 3.42. The van der Waals surface area contributed by atoms with Gasteiger partial charge in [0.25, 0.3) is 0 Å². The van der Waals surface area contributed by atoms with E-state index in [0.717, 1.165) is 4.47 Å². The Morgan fingerprint density at radius 1 is 1.45 bits per heavy atom.